The molecule has 2 aromatic carbocycles. The monoisotopic (exact) mass is 336 g/mol. The van der Waals surface area contributed by atoms with Crippen molar-refractivity contribution in [3.05, 3.63) is 58.7 Å². The van der Waals surface area contributed by atoms with Gasteiger partial charge in [0.05, 0.1) is 0 Å². The Morgan fingerprint density at radius 1 is 1.00 bits per heavy atom. The zero-order chi connectivity index (χ0) is 18.0. The van der Waals surface area contributed by atoms with Crippen LogP contribution in [-0.4, -0.2) is 18.4 Å². The normalized spacial score (nSPS) is 14.5. The molecule has 4 heteroatoms. The van der Waals surface area contributed by atoms with Crippen molar-refractivity contribution < 1.29 is 9.59 Å². The molecule has 4 nitrogen and oxygen atoms in total. The van der Waals surface area contributed by atoms with Gasteiger partial charge in [0.2, 0.25) is 5.91 Å². The fraction of sp³-hybridized carbons (Fsp3) is 0.333. The average Bonchev–Trinajstić information content (AvgIpc) is 2.56. The van der Waals surface area contributed by atoms with Crippen molar-refractivity contribution in [1.29, 1.82) is 0 Å². The number of piperidine rings is 1. The number of nitrogens with zero attached hydrogens (tertiary/aromatic N) is 1. The van der Waals surface area contributed by atoms with Crippen LogP contribution in [0.2, 0.25) is 0 Å². The Labute approximate surface area is 148 Å². The lowest BCUT2D eigenvalue weighted by atomic mass is 10.0. The second kappa shape index (κ2) is 7.09. The minimum Gasteiger partial charge on any atom is -0.322 e. The van der Waals surface area contributed by atoms with Crippen LogP contribution in [0, 0.1) is 20.8 Å². The molecular formula is C21H24N2O2. The van der Waals surface area contributed by atoms with Crippen LogP contribution >= 0.6 is 0 Å². The molecule has 1 aliphatic rings. The molecule has 1 fully saturated rings. The largest absolute Gasteiger partial charge is 0.322 e. The summed E-state index contributed by atoms with van der Waals surface area (Å²) in [6, 6.07) is 11.5. The van der Waals surface area contributed by atoms with Gasteiger partial charge in [0.25, 0.3) is 5.91 Å². The lowest BCUT2D eigenvalue weighted by Gasteiger charge is -2.28. The lowest BCUT2D eigenvalue weighted by molar-refractivity contribution is -0.119. The molecule has 0 unspecified atom stereocenters. The lowest BCUT2D eigenvalue weighted by Crippen LogP contribution is -2.35. The summed E-state index contributed by atoms with van der Waals surface area (Å²) < 4.78 is 0. The van der Waals surface area contributed by atoms with Gasteiger partial charge in [-0.1, -0.05) is 17.7 Å². The molecule has 1 aliphatic heterocycles. The highest BCUT2D eigenvalue weighted by Crippen LogP contribution is 2.27. The van der Waals surface area contributed by atoms with Crippen molar-refractivity contribution in [2.45, 2.75) is 40.0 Å². The SMILES string of the molecule is Cc1ccc(C(=O)Nc2ccc(N3CCCCC3=O)c(C)c2)c(C)c1. The summed E-state index contributed by atoms with van der Waals surface area (Å²) in [4.78, 5) is 26.5. The summed E-state index contributed by atoms with van der Waals surface area (Å²) in [6.45, 7) is 6.70. The van der Waals surface area contributed by atoms with Gasteiger partial charge >= 0.3 is 0 Å². The van der Waals surface area contributed by atoms with E-state index in [1.54, 1.807) is 0 Å². The number of aryl methyl sites for hydroxylation is 3. The van der Waals surface area contributed by atoms with Crippen LogP contribution in [0.25, 0.3) is 0 Å². The summed E-state index contributed by atoms with van der Waals surface area (Å²) in [6.07, 6.45) is 2.62. The second-order valence-electron chi connectivity index (χ2n) is 6.78. The standard InChI is InChI=1S/C21H24N2O2/c1-14-7-9-18(15(2)12-14)21(25)22-17-8-10-19(16(3)13-17)23-11-5-4-6-20(23)24/h7-10,12-13H,4-6,11H2,1-3H3,(H,22,25). The number of hydrogen-bond donors (Lipinski definition) is 1. The Balaban J connectivity index is 1.78. The molecule has 0 aliphatic carbocycles. The van der Waals surface area contributed by atoms with E-state index in [-0.39, 0.29) is 11.8 Å². The van der Waals surface area contributed by atoms with E-state index in [4.69, 9.17) is 0 Å². The number of carbonyl (C=O) groups is 2. The molecule has 1 saturated heterocycles. The van der Waals surface area contributed by atoms with Gasteiger partial charge in [0, 0.05) is 29.9 Å². The van der Waals surface area contributed by atoms with Crippen molar-refractivity contribution >= 4 is 23.2 Å². The number of amides is 2. The molecular weight excluding hydrogens is 312 g/mol. The first-order chi connectivity index (χ1) is 12.0. The Morgan fingerprint density at radius 3 is 2.48 bits per heavy atom. The van der Waals surface area contributed by atoms with E-state index in [1.807, 2.05) is 62.1 Å². The van der Waals surface area contributed by atoms with Crippen LogP contribution in [0.4, 0.5) is 11.4 Å². The topological polar surface area (TPSA) is 49.4 Å². The Morgan fingerprint density at radius 2 is 1.80 bits per heavy atom. The molecule has 0 saturated carbocycles. The van der Waals surface area contributed by atoms with E-state index < -0.39 is 0 Å². The number of anilines is 2. The molecule has 0 atom stereocenters. The van der Waals surface area contributed by atoms with E-state index >= 15 is 0 Å². The summed E-state index contributed by atoms with van der Waals surface area (Å²) in [5.41, 5.74) is 5.46. The smallest absolute Gasteiger partial charge is 0.255 e. The van der Waals surface area contributed by atoms with E-state index in [1.165, 1.54) is 0 Å². The van der Waals surface area contributed by atoms with Crippen molar-refractivity contribution in [2.24, 2.45) is 0 Å². The average molecular weight is 336 g/mol. The molecule has 1 heterocycles. The maximum atomic E-state index is 12.5. The highest BCUT2D eigenvalue weighted by atomic mass is 16.2. The van der Waals surface area contributed by atoms with Crippen LogP contribution < -0.4 is 10.2 Å². The highest BCUT2D eigenvalue weighted by Gasteiger charge is 2.21. The number of carbonyl (C=O) groups excluding carboxylic acids is 2. The van der Waals surface area contributed by atoms with E-state index in [0.717, 1.165) is 47.5 Å². The Hall–Kier alpha value is -2.62. The van der Waals surface area contributed by atoms with Gasteiger partial charge in [0.1, 0.15) is 0 Å². The van der Waals surface area contributed by atoms with Gasteiger partial charge in [-0.25, -0.2) is 0 Å². The summed E-state index contributed by atoms with van der Waals surface area (Å²) in [7, 11) is 0. The summed E-state index contributed by atoms with van der Waals surface area (Å²) in [5, 5.41) is 2.96. The second-order valence-corrected chi connectivity index (χ2v) is 6.78. The van der Waals surface area contributed by atoms with Gasteiger partial charge in [-0.05, 0) is 69.0 Å². The molecule has 1 N–H and O–H groups in total. The van der Waals surface area contributed by atoms with Crippen molar-refractivity contribution in [1.82, 2.24) is 0 Å². The third-order valence-corrected chi connectivity index (χ3v) is 4.70. The number of rotatable bonds is 3. The van der Waals surface area contributed by atoms with Gasteiger partial charge in [-0.2, -0.15) is 0 Å². The molecule has 2 amide bonds. The van der Waals surface area contributed by atoms with Crippen molar-refractivity contribution in [3.8, 4) is 0 Å². The third kappa shape index (κ3) is 3.73. The Kier molecular flexibility index (Phi) is 4.88. The van der Waals surface area contributed by atoms with Gasteiger partial charge in [0.15, 0.2) is 0 Å². The fourth-order valence-corrected chi connectivity index (χ4v) is 3.36. The molecule has 0 spiro atoms. The third-order valence-electron chi connectivity index (χ3n) is 4.70. The first kappa shape index (κ1) is 17.2. The maximum Gasteiger partial charge on any atom is 0.255 e. The maximum absolute atomic E-state index is 12.5. The summed E-state index contributed by atoms with van der Waals surface area (Å²) >= 11 is 0. The van der Waals surface area contributed by atoms with Gasteiger partial charge < -0.3 is 10.2 Å². The van der Waals surface area contributed by atoms with Crippen LogP contribution in [0.15, 0.2) is 36.4 Å². The van der Waals surface area contributed by atoms with Crippen LogP contribution in [0.5, 0.6) is 0 Å². The Bertz CT molecular complexity index is 827. The van der Waals surface area contributed by atoms with Crippen LogP contribution in [0.3, 0.4) is 0 Å². The first-order valence-electron chi connectivity index (χ1n) is 8.75. The quantitative estimate of drug-likeness (QED) is 0.904. The predicted octanol–water partition coefficient (Wildman–Crippen LogP) is 4.38. The van der Waals surface area contributed by atoms with Crippen molar-refractivity contribution in [3.63, 3.8) is 0 Å². The number of hydrogen-bond acceptors (Lipinski definition) is 2. The summed E-state index contributed by atoms with van der Waals surface area (Å²) in [5.74, 6) is 0.0696. The van der Waals surface area contributed by atoms with Crippen molar-refractivity contribution in [2.75, 3.05) is 16.8 Å². The minimum atomic E-state index is -0.112. The van der Waals surface area contributed by atoms with E-state index in [9.17, 15) is 9.59 Å². The molecule has 0 bridgehead atoms. The molecule has 2 aromatic rings. The van der Waals surface area contributed by atoms with Gasteiger partial charge in [-0.15, -0.1) is 0 Å². The van der Waals surface area contributed by atoms with E-state index in [2.05, 4.69) is 5.32 Å². The molecule has 130 valence electrons. The molecule has 0 radical (unpaired) electrons. The minimum absolute atomic E-state index is 0.112. The van der Waals surface area contributed by atoms with Crippen LogP contribution in [0.1, 0.15) is 46.3 Å². The molecule has 3 rings (SSSR count). The van der Waals surface area contributed by atoms with Crippen LogP contribution in [-0.2, 0) is 4.79 Å². The zero-order valence-corrected chi connectivity index (χ0v) is 15.1. The zero-order valence-electron chi connectivity index (χ0n) is 15.1. The number of nitrogens with one attached hydrogen (secondary N) is 1. The number of benzene rings is 2. The first-order valence-corrected chi connectivity index (χ1v) is 8.75. The highest BCUT2D eigenvalue weighted by molar-refractivity contribution is 6.05. The molecule has 0 aromatic heterocycles. The van der Waals surface area contributed by atoms with E-state index in [0.29, 0.717) is 12.0 Å². The van der Waals surface area contributed by atoms with Gasteiger partial charge in [-0.3, -0.25) is 9.59 Å². The fourth-order valence-electron chi connectivity index (χ4n) is 3.36. The molecule has 25 heavy (non-hydrogen) atoms. The predicted molar refractivity (Wildman–Crippen MR) is 101 cm³/mol.